The molecule has 2 heterocycles. The molecule has 0 bridgehead atoms. The molecule has 0 spiro atoms. The molecule has 1 N–H and O–H groups in total. The van der Waals surface area contributed by atoms with Gasteiger partial charge < -0.3 is 19.4 Å². The number of anilines is 1. The van der Waals surface area contributed by atoms with Crippen molar-refractivity contribution in [2.45, 2.75) is 44.9 Å². The van der Waals surface area contributed by atoms with Gasteiger partial charge in [-0.15, -0.1) is 0 Å². The lowest BCUT2D eigenvalue weighted by Crippen LogP contribution is -2.40. The maximum atomic E-state index is 13.0. The first-order valence-corrected chi connectivity index (χ1v) is 10.4. The van der Waals surface area contributed by atoms with Gasteiger partial charge >= 0.3 is 0 Å². The Labute approximate surface area is 165 Å². The van der Waals surface area contributed by atoms with Crippen LogP contribution >= 0.6 is 0 Å². The number of nitrogens with zero attached hydrogens (tertiary/aromatic N) is 1. The fourth-order valence-corrected chi connectivity index (χ4v) is 4.24. The molecule has 1 aliphatic heterocycles. The number of fused-ring (bicyclic) bond motifs is 1. The van der Waals surface area contributed by atoms with E-state index in [9.17, 15) is 9.59 Å². The molecule has 0 atom stereocenters. The number of hydrogen-bond donors (Lipinski definition) is 1. The summed E-state index contributed by atoms with van der Waals surface area (Å²) in [5.74, 6) is 0.624. The quantitative estimate of drug-likeness (QED) is 0.838. The average Bonchev–Trinajstić information content (AvgIpc) is 3.11. The van der Waals surface area contributed by atoms with Crippen molar-refractivity contribution in [1.82, 2.24) is 4.90 Å². The first kappa shape index (κ1) is 19.0. The molecule has 6 nitrogen and oxygen atoms in total. The molecule has 28 heavy (non-hydrogen) atoms. The third-order valence-electron chi connectivity index (χ3n) is 5.86. The van der Waals surface area contributed by atoms with Gasteiger partial charge in [-0.2, -0.15) is 0 Å². The first-order chi connectivity index (χ1) is 13.7. The van der Waals surface area contributed by atoms with Crippen molar-refractivity contribution < 1.29 is 18.7 Å². The summed E-state index contributed by atoms with van der Waals surface area (Å²) >= 11 is 0. The summed E-state index contributed by atoms with van der Waals surface area (Å²) in [6.45, 7) is 2.11. The molecule has 0 radical (unpaired) electrons. The van der Waals surface area contributed by atoms with Crippen LogP contribution in [0.2, 0.25) is 0 Å². The number of carbonyl (C=O) groups is 2. The van der Waals surface area contributed by atoms with E-state index < -0.39 is 0 Å². The van der Waals surface area contributed by atoms with Crippen LogP contribution in [0.25, 0.3) is 11.0 Å². The largest absolute Gasteiger partial charge is 0.449 e. The molecule has 1 aromatic carbocycles. The summed E-state index contributed by atoms with van der Waals surface area (Å²) in [4.78, 5) is 27.4. The molecule has 1 aromatic heterocycles. The molecule has 1 saturated carbocycles. The number of para-hydroxylation sites is 1. The highest BCUT2D eigenvalue weighted by Gasteiger charge is 2.27. The van der Waals surface area contributed by atoms with E-state index >= 15 is 0 Å². The molecular weight excluding hydrogens is 356 g/mol. The molecule has 6 heteroatoms. The van der Waals surface area contributed by atoms with Crippen molar-refractivity contribution in [2.75, 3.05) is 31.6 Å². The maximum Gasteiger partial charge on any atom is 0.291 e. The monoisotopic (exact) mass is 384 g/mol. The number of hydrogen-bond acceptors (Lipinski definition) is 4. The minimum atomic E-state index is -0.193. The summed E-state index contributed by atoms with van der Waals surface area (Å²) in [6, 6.07) is 7.46. The second-order valence-electron chi connectivity index (χ2n) is 7.80. The third-order valence-corrected chi connectivity index (χ3v) is 5.86. The highest BCUT2D eigenvalue weighted by atomic mass is 16.5. The topological polar surface area (TPSA) is 71.8 Å². The molecule has 150 valence electrons. The van der Waals surface area contributed by atoms with Crippen LogP contribution in [0.1, 0.15) is 55.5 Å². The van der Waals surface area contributed by atoms with E-state index in [1.165, 1.54) is 32.1 Å². The second kappa shape index (κ2) is 8.78. The minimum Gasteiger partial charge on any atom is -0.449 e. The second-order valence-corrected chi connectivity index (χ2v) is 7.80. The Kier molecular flexibility index (Phi) is 5.95. The van der Waals surface area contributed by atoms with Crippen molar-refractivity contribution in [2.24, 2.45) is 5.92 Å². The van der Waals surface area contributed by atoms with E-state index in [0.29, 0.717) is 49.9 Å². The van der Waals surface area contributed by atoms with Gasteiger partial charge in [-0.25, -0.2) is 0 Å². The van der Waals surface area contributed by atoms with Gasteiger partial charge in [0.25, 0.3) is 5.91 Å². The van der Waals surface area contributed by atoms with Crippen LogP contribution in [0.5, 0.6) is 0 Å². The molecule has 2 amide bonds. The smallest absolute Gasteiger partial charge is 0.291 e. The van der Waals surface area contributed by atoms with Crippen LogP contribution in [0, 0.1) is 5.92 Å². The summed E-state index contributed by atoms with van der Waals surface area (Å²) < 4.78 is 11.2. The summed E-state index contributed by atoms with van der Waals surface area (Å²) in [5, 5.41) is 3.75. The zero-order chi connectivity index (χ0) is 19.3. The number of nitrogens with one attached hydrogen (secondary N) is 1. The van der Waals surface area contributed by atoms with E-state index in [0.717, 1.165) is 11.8 Å². The Morgan fingerprint density at radius 3 is 2.61 bits per heavy atom. The third kappa shape index (κ3) is 4.22. The number of ether oxygens (including phenoxy) is 1. The molecular formula is C22H28N2O4. The van der Waals surface area contributed by atoms with Crippen molar-refractivity contribution in [3.05, 3.63) is 30.0 Å². The summed E-state index contributed by atoms with van der Waals surface area (Å²) in [7, 11) is 0. The van der Waals surface area contributed by atoms with Gasteiger partial charge in [0, 0.05) is 24.9 Å². The fraction of sp³-hybridized carbons (Fsp3) is 0.545. The molecule has 2 fully saturated rings. The predicted octanol–water partition coefficient (Wildman–Crippen LogP) is 4.20. The Morgan fingerprint density at radius 2 is 1.82 bits per heavy atom. The number of furan rings is 1. The zero-order valence-electron chi connectivity index (χ0n) is 16.2. The number of benzene rings is 1. The molecule has 4 rings (SSSR count). The Bertz CT molecular complexity index is 832. The van der Waals surface area contributed by atoms with Gasteiger partial charge in [-0.3, -0.25) is 9.59 Å². The van der Waals surface area contributed by atoms with Gasteiger partial charge in [-0.1, -0.05) is 44.2 Å². The lowest BCUT2D eigenvalue weighted by Gasteiger charge is -2.26. The highest BCUT2D eigenvalue weighted by molar-refractivity contribution is 6.10. The predicted molar refractivity (Wildman–Crippen MR) is 107 cm³/mol. The van der Waals surface area contributed by atoms with E-state index in [1.807, 2.05) is 24.3 Å². The number of carbonyl (C=O) groups excluding carboxylic acids is 2. The van der Waals surface area contributed by atoms with Crippen molar-refractivity contribution in [3.8, 4) is 0 Å². The Morgan fingerprint density at radius 1 is 1.07 bits per heavy atom. The van der Waals surface area contributed by atoms with Crippen LogP contribution in [0.4, 0.5) is 5.69 Å². The summed E-state index contributed by atoms with van der Waals surface area (Å²) in [5.41, 5.74) is 1.11. The lowest BCUT2D eigenvalue weighted by molar-refractivity contribution is -0.116. The van der Waals surface area contributed by atoms with E-state index in [-0.39, 0.29) is 17.6 Å². The number of amides is 2. The molecule has 0 unspecified atom stereocenters. The molecule has 2 aliphatic rings. The minimum absolute atomic E-state index is 0.0480. The van der Waals surface area contributed by atoms with Crippen LogP contribution in [0.3, 0.4) is 0 Å². The van der Waals surface area contributed by atoms with Crippen LogP contribution in [0.15, 0.2) is 28.7 Å². The van der Waals surface area contributed by atoms with Gasteiger partial charge in [-0.05, 0) is 24.5 Å². The average molecular weight is 384 g/mol. The Balaban J connectivity index is 1.51. The van der Waals surface area contributed by atoms with Crippen LogP contribution in [-0.2, 0) is 9.53 Å². The highest BCUT2D eigenvalue weighted by Crippen LogP contribution is 2.33. The van der Waals surface area contributed by atoms with Gasteiger partial charge in [0.05, 0.1) is 13.2 Å². The van der Waals surface area contributed by atoms with E-state index in [2.05, 4.69) is 5.32 Å². The lowest BCUT2D eigenvalue weighted by atomic mass is 9.86. The number of morpholine rings is 1. The SMILES string of the molecule is O=C(CCC1CCCCC1)Nc1c(C(=O)N2CCOCC2)oc2ccccc12. The van der Waals surface area contributed by atoms with Gasteiger partial charge in [0.1, 0.15) is 11.3 Å². The molecule has 1 saturated heterocycles. The maximum absolute atomic E-state index is 13.0. The van der Waals surface area contributed by atoms with Crippen molar-refractivity contribution in [1.29, 1.82) is 0 Å². The fourth-order valence-electron chi connectivity index (χ4n) is 4.24. The standard InChI is InChI=1S/C22H28N2O4/c25-19(11-10-16-6-2-1-3-7-16)23-20-17-8-4-5-9-18(17)28-21(20)22(26)24-12-14-27-15-13-24/h4-5,8-9,16H,1-3,6-7,10-15H2,(H,23,25). The van der Waals surface area contributed by atoms with Crippen molar-refractivity contribution in [3.63, 3.8) is 0 Å². The van der Waals surface area contributed by atoms with Crippen LogP contribution in [-0.4, -0.2) is 43.0 Å². The normalized spacial score (nSPS) is 18.4. The van der Waals surface area contributed by atoms with Crippen LogP contribution < -0.4 is 5.32 Å². The van der Waals surface area contributed by atoms with Crippen molar-refractivity contribution >= 4 is 28.5 Å². The van der Waals surface area contributed by atoms with Gasteiger partial charge in [0.15, 0.2) is 0 Å². The van der Waals surface area contributed by atoms with Gasteiger partial charge in [0.2, 0.25) is 11.7 Å². The Hall–Kier alpha value is -2.34. The number of rotatable bonds is 5. The molecule has 2 aromatic rings. The first-order valence-electron chi connectivity index (χ1n) is 10.4. The molecule has 1 aliphatic carbocycles. The van der Waals surface area contributed by atoms with E-state index in [4.69, 9.17) is 9.15 Å². The zero-order valence-corrected chi connectivity index (χ0v) is 16.2. The summed E-state index contributed by atoms with van der Waals surface area (Å²) in [6.07, 6.45) is 7.71. The van der Waals surface area contributed by atoms with E-state index in [1.54, 1.807) is 4.90 Å².